The average molecular weight is 423 g/mol. The quantitative estimate of drug-likeness (QED) is 0.277. The number of hydrogen-bond donors (Lipinski definition) is 0. The van der Waals surface area contributed by atoms with Crippen LogP contribution in [-0.2, 0) is 9.63 Å². The topological polar surface area (TPSA) is 102 Å². The van der Waals surface area contributed by atoms with E-state index in [1.165, 1.54) is 24.6 Å². The van der Waals surface area contributed by atoms with E-state index in [-0.39, 0.29) is 29.8 Å². The first-order valence-corrected chi connectivity index (χ1v) is 10.3. The number of likely N-dealkylation sites (N-methyl/N-ethyl adjacent to an activating group) is 1. The Kier molecular flexibility index (Phi) is 7.48. The highest BCUT2D eigenvalue weighted by Gasteiger charge is 2.22. The Morgan fingerprint density at radius 2 is 1.87 bits per heavy atom. The summed E-state index contributed by atoms with van der Waals surface area (Å²) in [6.07, 6.45) is 5.89. The lowest BCUT2D eigenvalue weighted by molar-refractivity contribution is -0.385. The summed E-state index contributed by atoms with van der Waals surface area (Å²) in [6, 6.07) is 13.5. The molecule has 3 rings (SSSR count). The van der Waals surface area contributed by atoms with Crippen molar-refractivity contribution in [3.05, 3.63) is 75.3 Å². The van der Waals surface area contributed by atoms with E-state index in [1.54, 1.807) is 24.1 Å². The molecule has 1 aliphatic rings. The number of amides is 1. The molecule has 0 bridgehead atoms. The molecule has 0 atom stereocenters. The van der Waals surface area contributed by atoms with Gasteiger partial charge in [0.1, 0.15) is 5.71 Å². The fourth-order valence-corrected chi connectivity index (χ4v) is 3.76. The number of oxime groups is 1. The van der Waals surface area contributed by atoms with Gasteiger partial charge in [-0.05, 0) is 25.0 Å². The van der Waals surface area contributed by atoms with E-state index in [1.807, 2.05) is 18.2 Å². The van der Waals surface area contributed by atoms with Crippen LogP contribution in [0.25, 0.3) is 0 Å². The molecule has 8 nitrogen and oxygen atoms in total. The molecule has 0 spiro atoms. The van der Waals surface area contributed by atoms with Gasteiger partial charge in [0.2, 0.25) is 0 Å². The predicted octanol–water partition coefficient (Wildman–Crippen LogP) is 3.97. The van der Waals surface area contributed by atoms with Crippen molar-refractivity contribution >= 4 is 23.6 Å². The molecule has 31 heavy (non-hydrogen) atoms. The number of aldehydes is 1. The van der Waals surface area contributed by atoms with Gasteiger partial charge in [-0.3, -0.25) is 19.7 Å². The number of nitro benzene ring substituents is 1. The van der Waals surface area contributed by atoms with Crippen LogP contribution in [0.15, 0.2) is 53.7 Å². The summed E-state index contributed by atoms with van der Waals surface area (Å²) in [4.78, 5) is 41.5. The highest BCUT2D eigenvalue weighted by Crippen LogP contribution is 2.22. The second-order valence-corrected chi connectivity index (χ2v) is 7.52. The van der Waals surface area contributed by atoms with Gasteiger partial charge in [0.25, 0.3) is 11.6 Å². The summed E-state index contributed by atoms with van der Waals surface area (Å²) in [5.74, 6) is -0.152. The fourth-order valence-electron chi connectivity index (χ4n) is 3.76. The number of benzene rings is 2. The number of nitrogens with zero attached hydrogens (tertiary/aromatic N) is 3. The number of hydrogen-bond acceptors (Lipinski definition) is 6. The standard InChI is InChI=1S/C23H25N3O5/c1-25(20-10-6-3-7-11-20)22(28)16-31-24-23(17-8-4-2-5-9-17)18-12-13-21(26(29)30)19(14-18)15-27/h2,4-5,8-9,12-15,20H,3,6-7,10-11,16H2,1H3/b24-23-. The summed E-state index contributed by atoms with van der Waals surface area (Å²) in [5, 5.41) is 15.3. The zero-order valence-electron chi connectivity index (χ0n) is 17.4. The molecule has 1 fully saturated rings. The SMILES string of the molecule is CN(C(=O)CO/N=C(/c1ccccc1)c1ccc([N+](=O)[O-])c(C=O)c1)C1CCCCC1. The van der Waals surface area contributed by atoms with Crippen molar-refractivity contribution in [2.45, 2.75) is 38.1 Å². The molecule has 0 aromatic heterocycles. The zero-order valence-corrected chi connectivity index (χ0v) is 17.4. The lowest BCUT2D eigenvalue weighted by Crippen LogP contribution is -2.40. The lowest BCUT2D eigenvalue weighted by atomic mass is 9.94. The van der Waals surface area contributed by atoms with Crippen molar-refractivity contribution in [2.75, 3.05) is 13.7 Å². The number of carbonyl (C=O) groups excluding carboxylic acids is 2. The maximum Gasteiger partial charge on any atom is 0.279 e. The van der Waals surface area contributed by atoms with Crippen LogP contribution in [-0.4, -0.2) is 47.4 Å². The van der Waals surface area contributed by atoms with Gasteiger partial charge in [0.05, 0.1) is 10.5 Å². The smallest absolute Gasteiger partial charge is 0.279 e. The van der Waals surface area contributed by atoms with E-state index >= 15 is 0 Å². The molecule has 2 aromatic carbocycles. The molecule has 162 valence electrons. The first-order chi connectivity index (χ1) is 15.0. The molecule has 2 aromatic rings. The second-order valence-electron chi connectivity index (χ2n) is 7.52. The summed E-state index contributed by atoms with van der Waals surface area (Å²) in [5.41, 5.74) is 1.22. The van der Waals surface area contributed by atoms with Crippen molar-refractivity contribution in [1.29, 1.82) is 0 Å². The maximum absolute atomic E-state index is 12.5. The average Bonchev–Trinajstić information content (AvgIpc) is 2.81. The Labute approximate surface area is 180 Å². The molecule has 1 saturated carbocycles. The van der Waals surface area contributed by atoms with Crippen molar-refractivity contribution in [3.63, 3.8) is 0 Å². The lowest BCUT2D eigenvalue weighted by Gasteiger charge is -2.30. The molecule has 0 unspecified atom stereocenters. The molecule has 0 aliphatic heterocycles. The first kappa shape index (κ1) is 22.1. The van der Waals surface area contributed by atoms with Crippen LogP contribution in [0.2, 0.25) is 0 Å². The Morgan fingerprint density at radius 1 is 1.16 bits per heavy atom. The third kappa shape index (κ3) is 5.53. The van der Waals surface area contributed by atoms with Gasteiger partial charge < -0.3 is 9.74 Å². The van der Waals surface area contributed by atoms with Crippen LogP contribution < -0.4 is 0 Å². The van der Waals surface area contributed by atoms with Gasteiger partial charge in [-0.2, -0.15) is 0 Å². The van der Waals surface area contributed by atoms with Crippen molar-refractivity contribution < 1.29 is 19.3 Å². The van der Waals surface area contributed by atoms with Crippen LogP contribution in [0.4, 0.5) is 5.69 Å². The van der Waals surface area contributed by atoms with Crippen molar-refractivity contribution in [1.82, 2.24) is 4.90 Å². The van der Waals surface area contributed by atoms with E-state index in [9.17, 15) is 19.7 Å². The van der Waals surface area contributed by atoms with Gasteiger partial charge in [-0.1, -0.05) is 54.8 Å². The highest BCUT2D eigenvalue weighted by atomic mass is 16.6. The van der Waals surface area contributed by atoms with Gasteiger partial charge >= 0.3 is 0 Å². The third-order valence-electron chi connectivity index (χ3n) is 5.53. The minimum absolute atomic E-state index is 0.0563. The molecule has 8 heteroatoms. The van der Waals surface area contributed by atoms with Crippen LogP contribution in [0.1, 0.15) is 53.6 Å². The van der Waals surface area contributed by atoms with Crippen LogP contribution >= 0.6 is 0 Å². The maximum atomic E-state index is 12.5. The van der Waals surface area contributed by atoms with E-state index in [2.05, 4.69) is 5.16 Å². The largest absolute Gasteiger partial charge is 0.385 e. The van der Waals surface area contributed by atoms with Crippen molar-refractivity contribution in [2.24, 2.45) is 5.16 Å². The Hall–Kier alpha value is -3.55. The first-order valence-electron chi connectivity index (χ1n) is 10.3. The summed E-state index contributed by atoms with van der Waals surface area (Å²) in [6.45, 7) is -0.211. The second kappa shape index (κ2) is 10.5. The van der Waals surface area contributed by atoms with E-state index < -0.39 is 4.92 Å². The Morgan fingerprint density at radius 3 is 2.52 bits per heavy atom. The number of rotatable bonds is 8. The van der Waals surface area contributed by atoms with E-state index in [0.29, 0.717) is 23.1 Å². The van der Waals surface area contributed by atoms with Crippen LogP contribution in [0.5, 0.6) is 0 Å². The van der Waals surface area contributed by atoms with E-state index in [0.717, 1.165) is 25.7 Å². The number of nitro groups is 1. The van der Waals surface area contributed by atoms with E-state index in [4.69, 9.17) is 4.84 Å². The summed E-state index contributed by atoms with van der Waals surface area (Å²) < 4.78 is 0. The molecule has 0 saturated heterocycles. The van der Waals surface area contributed by atoms with Gasteiger partial charge in [-0.15, -0.1) is 0 Å². The Bertz CT molecular complexity index is 968. The van der Waals surface area contributed by atoms with Crippen LogP contribution in [0.3, 0.4) is 0 Å². The highest BCUT2D eigenvalue weighted by molar-refractivity contribution is 6.13. The minimum Gasteiger partial charge on any atom is -0.385 e. The van der Waals surface area contributed by atoms with Gasteiger partial charge in [0.15, 0.2) is 12.9 Å². The van der Waals surface area contributed by atoms with Crippen LogP contribution in [0, 0.1) is 10.1 Å². The van der Waals surface area contributed by atoms with Gasteiger partial charge in [-0.25, -0.2) is 0 Å². The summed E-state index contributed by atoms with van der Waals surface area (Å²) in [7, 11) is 1.79. The third-order valence-corrected chi connectivity index (χ3v) is 5.53. The molecule has 0 heterocycles. The number of carbonyl (C=O) groups is 2. The van der Waals surface area contributed by atoms with Crippen molar-refractivity contribution in [3.8, 4) is 0 Å². The van der Waals surface area contributed by atoms with Gasteiger partial charge in [0, 0.05) is 30.3 Å². The molecule has 0 radical (unpaired) electrons. The molecule has 0 N–H and O–H groups in total. The minimum atomic E-state index is -0.608. The molecular weight excluding hydrogens is 398 g/mol. The predicted molar refractivity (Wildman–Crippen MR) is 116 cm³/mol. The summed E-state index contributed by atoms with van der Waals surface area (Å²) >= 11 is 0. The normalized spacial score (nSPS) is 14.7. The zero-order chi connectivity index (χ0) is 22.2. The monoisotopic (exact) mass is 423 g/mol. The molecular formula is C23H25N3O5. The molecule has 1 aliphatic carbocycles. The molecule has 1 amide bonds. The fraction of sp³-hybridized carbons (Fsp3) is 0.348. The Balaban J connectivity index is 1.81.